The van der Waals surface area contributed by atoms with Crippen LogP contribution in [0.1, 0.15) is 93.4 Å². The standard InChI is InChI=1S/C29H42O3/c1-20(2)12-9-13-21(3)14-10-15-22(4)16-11-17-23(5)18-19-26-24(6)27(30)25(7)29(32-8)28(26)31/h12,14,16,18H,9-11,13,15,17,19H2,1-8H3/b21-14+,22-16+,23-18+. The summed E-state index contributed by atoms with van der Waals surface area (Å²) in [4.78, 5) is 25.0. The summed E-state index contributed by atoms with van der Waals surface area (Å²) in [5, 5.41) is 0. The van der Waals surface area contributed by atoms with Crippen LogP contribution in [0.4, 0.5) is 0 Å². The smallest absolute Gasteiger partial charge is 0.224 e. The molecule has 0 fully saturated rings. The van der Waals surface area contributed by atoms with Gasteiger partial charge in [0.25, 0.3) is 0 Å². The number of hydrogen-bond acceptors (Lipinski definition) is 3. The van der Waals surface area contributed by atoms with Gasteiger partial charge in [0.15, 0.2) is 11.5 Å². The van der Waals surface area contributed by atoms with Crippen molar-refractivity contribution >= 4 is 11.6 Å². The molecular weight excluding hydrogens is 396 g/mol. The Kier molecular flexibility index (Phi) is 12.0. The lowest BCUT2D eigenvalue weighted by atomic mass is 9.87. The van der Waals surface area contributed by atoms with E-state index in [4.69, 9.17) is 4.74 Å². The molecule has 0 aromatic rings. The van der Waals surface area contributed by atoms with Crippen molar-refractivity contribution in [1.29, 1.82) is 0 Å². The molecule has 0 atom stereocenters. The minimum atomic E-state index is -0.161. The average Bonchev–Trinajstić information content (AvgIpc) is 2.72. The van der Waals surface area contributed by atoms with E-state index in [2.05, 4.69) is 58.9 Å². The van der Waals surface area contributed by atoms with Gasteiger partial charge in [0, 0.05) is 16.7 Å². The quantitative estimate of drug-likeness (QED) is 0.230. The molecule has 1 rings (SSSR count). The first-order chi connectivity index (χ1) is 15.1. The molecule has 3 heteroatoms. The van der Waals surface area contributed by atoms with Crippen LogP contribution in [0.15, 0.2) is 69.1 Å². The number of methoxy groups -OCH3 is 1. The lowest BCUT2D eigenvalue weighted by Gasteiger charge is -2.18. The molecule has 3 nitrogen and oxygen atoms in total. The van der Waals surface area contributed by atoms with Crippen molar-refractivity contribution in [3.05, 3.63) is 69.1 Å². The topological polar surface area (TPSA) is 43.4 Å². The number of ether oxygens (including phenoxy) is 1. The molecule has 0 bridgehead atoms. The Labute approximate surface area is 195 Å². The maximum atomic E-state index is 12.6. The van der Waals surface area contributed by atoms with E-state index in [1.54, 1.807) is 13.8 Å². The van der Waals surface area contributed by atoms with Crippen molar-refractivity contribution in [2.24, 2.45) is 0 Å². The molecule has 0 unspecified atom stereocenters. The molecular formula is C29H42O3. The van der Waals surface area contributed by atoms with E-state index in [-0.39, 0.29) is 17.3 Å². The van der Waals surface area contributed by atoms with Crippen LogP contribution < -0.4 is 0 Å². The molecule has 0 spiro atoms. The Bertz CT molecular complexity index is 881. The van der Waals surface area contributed by atoms with Crippen LogP contribution in [0.25, 0.3) is 0 Å². The first-order valence-electron chi connectivity index (χ1n) is 11.7. The molecule has 0 aliphatic heterocycles. The van der Waals surface area contributed by atoms with Crippen LogP contribution >= 0.6 is 0 Å². The Hall–Kier alpha value is -2.42. The fourth-order valence-electron chi connectivity index (χ4n) is 3.75. The second-order valence-corrected chi connectivity index (χ2v) is 9.17. The van der Waals surface area contributed by atoms with Gasteiger partial charge < -0.3 is 4.74 Å². The van der Waals surface area contributed by atoms with Crippen molar-refractivity contribution < 1.29 is 14.3 Å². The SMILES string of the molecule is COC1=C(C)C(=O)C(C)=C(C/C=C(\C)CC/C=C(\C)CC/C=C(\C)CCC=C(C)C)C1=O. The zero-order valence-corrected chi connectivity index (χ0v) is 21.5. The normalized spacial score (nSPS) is 16.2. The second-order valence-electron chi connectivity index (χ2n) is 9.17. The summed E-state index contributed by atoms with van der Waals surface area (Å²) in [7, 11) is 1.44. The average molecular weight is 439 g/mol. The first kappa shape index (κ1) is 27.6. The Balaban J connectivity index is 2.52. The Morgan fingerprint density at radius 2 is 1.16 bits per heavy atom. The minimum absolute atomic E-state index is 0.0951. The lowest BCUT2D eigenvalue weighted by molar-refractivity contribution is -0.118. The number of Topliss-reactive ketones (excluding diaryl/α,β-unsaturated/α-hetero) is 2. The van der Waals surface area contributed by atoms with Gasteiger partial charge in [-0.3, -0.25) is 9.59 Å². The Morgan fingerprint density at radius 3 is 1.62 bits per heavy atom. The molecule has 176 valence electrons. The fourth-order valence-corrected chi connectivity index (χ4v) is 3.75. The van der Waals surface area contributed by atoms with Crippen LogP contribution in [-0.2, 0) is 14.3 Å². The van der Waals surface area contributed by atoms with Gasteiger partial charge >= 0.3 is 0 Å². The summed E-state index contributed by atoms with van der Waals surface area (Å²) in [5.41, 5.74) is 7.00. The molecule has 0 aromatic heterocycles. The van der Waals surface area contributed by atoms with E-state index in [9.17, 15) is 9.59 Å². The third-order valence-corrected chi connectivity index (χ3v) is 5.97. The van der Waals surface area contributed by atoms with Gasteiger partial charge in [-0.25, -0.2) is 0 Å². The molecule has 0 radical (unpaired) electrons. The number of allylic oxidation sites excluding steroid dienone is 11. The number of carbonyl (C=O) groups is 2. The van der Waals surface area contributed by atoms with Crippen LogP contribution in [-0.4, -0.2) is 18.7 Å². The Morgan fingerprint density at radius 1 is 0.688 bits per heavy atom. The number of carbonyl (C=O) groups excluding carboxylic acids is 2. The molecule has 1 aliphatic carbocycles. The van der Waals surface area contributed by atoms with E-state index in [0.29, 0.717) is 23.1 Å². The molecule has 0 heterocycles. The van der Waals surface area contributed by atoms with E-state index < -0.39 is 0 Å². The zero-order valence-electron chi connectivity index (χ0n) is 21.5. The highest BCUT2D eigenvalue weighted by Gasteiger charge is 2.30. The fraction of sp³-hybridized carbons (Fsp3) is 0.517. The van der Waals surface area contributed by atoms with Crippen LogP contribution in [0, 0.1) is 0 Å². The predicted octanol–water partition coefficient (Wildman–Crippen LogP) is 7.91. The molecule has 0 aromatic carbocycles. The van der Waals surface area contributed by atoms with Crippen molar-refractivity contribution in [2.45, 2.75) is 93.4 Å². The largest absolute Gasteiger partial charge is 0.492 e. The summed E-state index contributed by atoms with van der Waals surface area (Å²) in [6.07, 6.45) is 15.9. The third-order valence-electron chi connectivity index (χ3n) is 5.97. The monoisotopic (exact) mass is 438 g/mol. The van der Waals surface area contributed by atoms with Gasteiger partial charge in [0.1, 0.15) is 0 Å². The van der Waals surface area contributed by atoms with E-state index in [1.807, 2.05) is 0 Å². The van der Waals surface area contributed by atoms with Crippen molar-refractivity contribution in [2.75, 3.05) is 7.11 Å². The molecule has 0 amide bonds. The lowest BCUT2D eigenvalue weighted by Crippen LogP contribution is -2.22. The maximum absolute atomic E-state index is 12.6. The number of hydrogen-bond donors (Lipinski definition) is 0. The van der Waals surface area contributed by atoms with Crippen molar-refractivity contribution in [3.8, 4) is 0 Å². The van der Waals surface area contributed by atoms with Crippen LogP contribution in [0.3, 0.4) is 0 Å². The predicted molar refractivity (Wildman–Crippen MR) is 135 cm³/mol. The van der Waals surface area contributed by atoms with E-state index in [1.165, 1.54) is 29.4 Å². The van der Waals surface area contributed by atoms with E-state index in [0.717, 1.165) is 38.5 Å². The van der Waals surface area contributed by atoms with Gasteiger partial charge in [-0.05, 0) is 93.4 Å². The van der Waals surface area contributed by atoms with Gasteiger partial charge in [-0.2, -0.15) is 0 Å². The van der Waals surface area contributed by atoms with Gasteiger partial charge in [0.2, 0.25) is 5.78 Å². The highest BCUT2D eigenvalue weighted by atomic mass is 16.5. The molecule has 0 saturated heterocycles. The third kappa shape index (κ3) is 8.98. The summed E-state index contributed by atoms with van der Waals surface area (Å²) in [5.74, 6) is -0.0742. The first-order valence-corrected chi connectivity index (χ1v) is 11.7. The summed E-state index contributed by atoms with van der Waals surface area (Å²) < 4.78 is 5.18. The summed E-state index contributed by atoms with van der Waals surface area (Å²) >= 11 is 0. The highest BCUT2D eigenvalue weighted by Crippen LogP contribution is 2.27. The highest BCUT2D eigenvalue weighted by molar-refractivity contribution is 6.24. The van der Waals surface area contributed by atoms with Gasteiger partial charge in [0.05, 0.1) is 7.11 Å². The number of ketones is 2. The summed E-state index contributed by atoms with van der Waals surface area (Å²) in [6, 6.07) is 0. The van der Waals surface area contributed by atoms with Gasteiger partial charge in [-0.1, -0.05) is 46.6 Å². The maximum Gasteiger partial charge on any atom is 0.224 e. The van der Waals surface area contributed by atoms with E-state index >= 15 is 0 Å². The van der Waals surface area contributed by atoms with Crippen molar-refractivity contribution in [1.82, 2.24) is 0 Å². The minimum Gasteiger partial charge on any atom is -0.492 e. The number of rotatable bonds is 12. The molecule has 0 saturated carbocycles. The second kappa shape index (κ2) is 13.9. The molecule has 0 N–H and O–H groups in total. The zero-order chi connectivity index (χ0) is 24.3. The molecule has 32 heavy (non-hydrogen) atoms. The summed E-state index contributed by atoms with van der Waals surface area (Å²) in [6.45, 7) is 14.2. The van der Waals surface area contributed by atoms with Crippen molar-refractivity contribution in [3.63, 3.8) is 0 Å². The van der Waals surface area contributed by atoms with Crippen LogP contribution in [0.5, 0.6) is 0 Å². The van der Waals surface area contributed by atoms with Crippen LogP contribution in [0.2, 0.25) is 0 Å². The molecule has 1 aliphatic rings. The van der Waals surface area contributed by atoms with Gasteiger partial charge in [-0.15, -0.1) is 0 Å².